The number of nitrogens with zero attached hydrogens (tertiary/aromatic N) is 1. The van der Waals surface area contributed by atoms with E-state index in [1.165, 1.54) is 6.20 Å². The van der Waals surface area contributed by atoms with Crippen molar-refractivity contribution in [3.63, 3.8) is 0 Å². The number of anilines is 2. The molecule has 1 rings (SSSR count). The van der Waals surface area contributed by atoms with Crippen LogP contribution in [0.25, 0.3) is 0 Å². The van der Waals surface area contributed by atoms with E-state index in [1.54, 1.807) is 19.1 Å². The Hall–Kier alpha value is -1.78. The summed E-state index contributed by atoms with van der Waals surface area (Å²) in [5, 5.41) is 2.41. The monoisotopic (exact) mass is 181 g/mol. The molecule has 0 bridgehead atoms. The van der Waals surface area contributed by atoms with Crippen molar-refractivity contribution < 1.29 is 9.53 Å². The molecule has 0 aliphatic carbocycles. The van der Waals surface area contributed by atoms with Crippen LogP contribution in [0.2, 0.25) is 0 Å². The number of carbonyl (C=O) groups is 1. The molecule has 1 aromatic heterocycles. The van der Waals surface area contributed by atoms with E-state index in [-0.39, 0.29) is 0 Å². The number of ether oxygens (including phenoxy) is 1. The molecular weight excluding hydrogens is 170 g/mol. The van der Waals surface area contributed by atoms with Crippen LogP contribution in [0.4, 0.5) is 16.3 Å². The Labute approximate surface area is 75.9 Å². The Morgan fingerprint density at radius 2 is 2.54 bits per heavy atom. The Balaban J connectivity index is 2.63. The third-order valence-electron chi connectivity index (χ3n) is 1.33. The first-order valence-corrected chi connectivity index (χ1v) is 3.88. The van der Waals surface area contributed by atoms with E-state index in [0.717, 1.165) is 0 Å². The second kappa shape index (κ2) is 4.30. The highest BCUT2D eigenvalue weighted by Crippen LogP contribution is 2.12. The highest BCUT2D eigenvalue weighted by atomic mass is 16.5. The van der Waals surface area contributed by atoms with Gasteiger partial charge in [0, 0.05) is 6.20 Å². The van der Waals surface area contributed by atoms with Gasteiger partial charge < -0.3 is 10.5 Å². The number of nitrogen functional groups attached to an aromatic ring is 1. The fraction of sp³-hybridized carbons (Fsp3) is 0.250. The van der Waals surface area contributed by atoms with Gasteiger partial charge in [-0.3, -0.25) is 5.32 Å². The van der Waals surface area contributed by atoms with Crippen LogP contribution in [-0.2, 0) is 4.74 Å². The number of nitrogens with one attached hydrogen (secondary N) is 1. The van der Waals surface area contributed by atoms with E-state index in [4.69, 9.17) is 5.73 Å². The van der Waals surface area contributed by atoms with Crippen molar-refractivity contribution >= 4 is 17.6 Å². The Morgan fingerprint density at radius 1 is 1.77 bits per heavy atom. The lowest BCUT2D eigenvalue weighted by Gasteiger charge is -2.05. The van der Waals surface area contributed by atoms with Crippen molar-refractivity contribution in [2.24, 2.45) is 0 Å². The van der Waals surface area contributed by atoms with E-state index >= 15 is 0 Å². The summed E-state index contributed by atoms with van der Waals surface area (Å²) in [7, 11) is 0. The summed E-state index contributed by atoms with van der Waals surface area (Å²) in [6.07, 6.45) is 0.991. The molecule has 0 aliphatic heterocycles. The van der Waals surface area contributed by atoms with Gasteiger partial charge in [0.05, 0.1) is 12.3 Å². The number of carbonyl (C=O) groups excluding carboxylic acids is 1. The number of hydrogen-bond acceptors (Lipinski definition) is 4. The average molecular weight is 181 g/mol. The van der Waals surface area contributed by atoms with Gasteiger partial charge in [-0.25, -0.2) is 9.78 Å². The zero-order valence-corrected chi connectivity index (χ0v) is 7.28. The average Bonchev–Trinajstić information content (AvgIpc) is 2.09. The quantitative estimate of drug-likeness (QED) is 0.719. The molecule has 13 heavy (non-hydrogen) atoms. The predicted octanol–water partition coefficient (Wildman–Crippen LogP) is 1.23. The largest absolute Gasteiger partial charge is 0.450 e. The van der Waals surface area contributed by atoms with Gasteiger partial charge >= 0.3 is 6.09 Å². The Kier molecular flexibility index (Phi) is 3.08. The van der Waals surface area contributed by atoms with Crippen LogP contribution in [0.15, 0.2) is 18.3 Å². The summed E-state index contributed by atoms with van der Waals surface area (Å²) in [5.74, 6) is 0.320. The normalized spacial score (nSPS) is 9.31. The maximum absolute atomic E-state index is 10.9. The first-order chi connectivity index (χ1) is 6.24. The van der Waals surface area contributed by atoms with Gasteiger partial charge in [-0.1, -0.05) is 0 Å². The fourth-order valence-electron chi connectivity index (χ4n) is 0.786. The van der Waals surface area contributed by atoms with Crippen molar-refractivity contribution in [1.29, 1.82) is 0 Å². The zero-order valence-electron chi connectivity index (χ0n) is 7.28. The molecule has 1 amide bonds. The lowest BCUT2D eigenvalue weighted by Crippen LogP contribution is -2.15. The smallest absolute Gasteiger partial charge is 0.412 e. The second-order valence-electron chi connectivity index (χ2n) is 2.29. The third-order valence-corrected chi connectivity index (χ3v) is 1.33. The zero-order chi connectivity index (χ0) is 9.68. The van der Waals surface area contributed by atoms with E-state index < -0.39 is 6.09 Å². The summed E-state index contributed by atoms with van der Waals surface area (Å²) >= 11 is 0. The van der Waals surface area contributed by atoms with Crippen molar-refractivity contribution in [3.05, 3.63) is 18.3 Å². The van der Waals surface area contributed by atoms with Crippen LogP contribution in [0.3, 0.4) is 0 Å². The van der Waals surface area contributed by atoms with Gasteiger partial charge in [0.25, 0.3) is 0 Å². The molecule has 0 saturated carbocycles. The maximum Gasteiger partial charge on any atom is 0.412 e. The van der Waals surface area contributed by atoms with Crippen molar-refractivity contribution in [1.82, 2.24) is 4.98 Å². The van der Waals surface area contributed by atoms with Gasteiger partial charge in [0.15, 0.2) is 5.82 Å². The van der Waals surface area contributed by atoms with Crippen LogP contribution < -0.4 is 11.1 Å². The second-order valence-corrected chi connectivity index (χ2v) is 2.29. The summed E-state index contributed by atoms with van der Waals surface area (Å²) in [5.41, 5.74) is 5.94. The number of hydrogen-bond donors (Lipinski definition) is 2. The molecule has 1 heterocycles. The van der Waals surface area contributed by atoms with Crippen molar-refractivity contribution in [3.8, 4) is 0 Å². The van der Waals surface area contributed by atoms with Crippen LogP contribution in [0, 0.1) is 0 Å². The van der Waals surface area contributed by atoms with Gasteiger partial charge in [-0.15, -0.1) is 0 Å². The first-order valence-electron chi connectivity index (χ1n) is 3.88. The van der Waals surface area contributed by atoms with Gasteiger partial charge in [-0.2, -0.15) is 0 Å². The Morgan fingerprint density at radius 3 is 3.15 bits per heavy atom. The molecule has 0 saturated heterocycles. The molecule has 0 fully saturated rings. The summed E-state index contributed by atoms with van der Waals surface area (Å²) in [4.78, 5) is 14.8. The minimum Gasteiger partial charge on any atom is -0.450 e. The molecule has 5 heteroatoms. The molecule has 3 N–H and O–H groups in total. The molecule has 5 nitrogen and oxygen atoms in total. The van der Waals surface area contributed by atoms with E-state index in [0.29, 0.717) is 18.1 Å². The molecule has 70 valence electrons. The summed E-state index contributed by atoms with van der Waals surface area (Å²) in [6.45, 7) is 2.04. The number of amides is 1. The summed E-state index contributed by atoms with van der Waals surface area (Å²) in [6, 6.07) is 3.33. The van der Waals surface area contributed by atoms with Gasteiger partial charge in [0.1, 0.15) is 0 Å². The lowest BCUT2D eigenvalue weighted by molar-refractivity contribution is 0.168. The predicted molar refractivity (Wildman–Crippen MR) is 49.3 cm³/mol. The number of rotatable bonds is 2. The van der Waals surface area contributed by atoms with Crippen molar-refractivity contribution in [2.45, 2.75) is 6.92 Å². The van der Waals surface area contributed by atoms with Crippen molar-refractivity contribution in [2.75, 3.05) is 17.7 Å². The third kappa shape index (κ3) is 2.62. The van der Waals surface area contributed by atoms with Gasteiger partial charge in [0.2, 0.25) is 0 Å². The molecule has 0 unspecified atom stereocenters. The minimum atomic E-state index is -0.548. The maximum atomic E-state index is 10.9. The van der Waals surface area contributed by atoms with E-state index in [9.17, 15) is 4.79 Å². The van der Waals surface area contributed by atoms with Crippen LogP contribution in [-0.4, -0.2) is 17.7 Å². The number of nitrogens with two attached hydrogens (primary N) is 1. The molecule has 0 aromatic carbocycles. The molecule has 0 atom stereocenters. The van der Waals surface area contributed by atoms with E-state index in [1.807, 2.05) is 0 Å². The number of aromatic nitrogens is 1. The standard InChI is InChI=1S/C8H11N3O2/c1-2-13-8(12)11-7-6(9)4-3-5-10-7/h3-5H,2,9H2,1H3,(H,10,11,12). The minimum absolute atomic E-state index is 0.318. The van der Waals surface area contributed by atoms with E-state index in [2.05, 4.69) is 15.0 Å². The highest BCUT2D eigenvalue weighted by molar-refractivity contribution is 5.86. The fourth-order valence-corrected chi connectivity index (χ4v) is 0.786. The van der Waals surface area contributed by atoms with Crippen LogP contribution in [0.5, 0.6) is 0 Å². The first kappa shape index (κ1) is 9.31. The highest BCUT2D eigenvalue weighted by Gasteiger charge is 2.04. The topological polar surface area (TPSA) is 77.2 Å². The van der Waals surface area contributed by atoms with Gasteiger partial charge in [-0.05, 0) is 19.1 Å². The summed E-state index contributed by atoms with van der Waals surface area (Å²) < 4.78 is 4.66. The molecule has 1 aromatic rings. The van der Waals surface area contributed by atoms with Crippen LogP contribution >= 0.6 is 0 Å². The number of pyridine rings is 1. The molecular formula is C8H11N3O2. The molecule has 0 aliphatic rings. The molecule has 0 spiro atoms. The SMILES string of the molecule is CCOC(=O)Nc1ncccc1N. The Bertz CT molecular complexity index is 301. The molecule has 0 radical (unpaired) electrons. The van der Waals surface area contributed by atoms with Crippen LogP contribution in [0.1, 0.15) is 6.92 Å². The lowest BCUT2D eigenvalue weighted by atomic mass is 10.4.